The van der Waals surface area contributed by atoms with Crippen LogP contribution in [0.3, 0.4) is 0 Å². The van der Waals surface area contributed by atoms with Crippen LogP contribution < -0.4 is 0 Å². The maximum absolute atomic E-state index is 12.5. The van der Waals surface area contributed by atoms with Gasteiger partial charge in [-0.15, -0.1) is 0 Å². The van der Waals surface area contributed by atoms with E-state index in [4.69, 9.17) is 19.3 Å². The molecule has 0 aromatic heterocycles. The maximum atomic E-state index is 12.5. The number of aliphatic hydroxyl groups excluding tert-OH is 2. The minimum absolute atomic E-state index is 0.0493. The summed E-state index contributed by atoms with van der Waals surface area (Å²) in [6.45, 7) is 6.15. The van der Waals surface area contributed by atoms with E-state index >= 15 is 0 Å². The average molecular weight is 420 g/mol. The van der Waals surface area contributed by atoms with Crippen molar-refractivity contribution in [1.82, 2.24) is 0 Å². The summed E-state index contributed by atoms with van der Waals surface area (Å²) in [5, 5.41) is 18.8. The van der Waals surface area contributed by atoms with Crippen molar-refractivity contribution in [3.05, 3.63) is 47.1 Å². The Kier molecular flexibility index (Phi) is 8.56. The summed E-state index contributed by atoms with van der Waals surface area (Å²) in [6.07, 6.45) is 4.66. The number of carbonyl (C=O) groups is 3. The molecule has 0 radical (unpaired) electrons. The van der Waals surface area contributed by atoms with Gasteiger partial charge < -0.3 is 24.4 Å². The van der Waals surface area contributed by atoms with Crippen molar-refractivity contribution in [3.8, 4) is 0 Å². The highest BCUT2D eigenvalue weighted by atomic mass is 16.6. The molecule has 1 saturated heterocycles. The van der Waals surface area contributed by atoms with Gasteiger partial charge in [0.15, 0.2) is 0 Å². The summed E-state index contributed by atoms with van der Waals surface area (Å²) in [5.41, 5.74) is 1.79. The van der Waals surface area contributed by atoms with Crippen LogP contribution in [0, 0.1) is 5.92 Å². The predicted molar refractivity (Wildman–Crippen MR) is 107 cm³/mol. The Hall–Kier alpha value is -2.71. The van der Waals surface area contributed by atoms with E-state index in [2.05, 4.69) is 6.58 Å². The van der Waals surface area contributed by atoms with Crippen LogP contribution >= 0.6 is 0 Å². The summed E-state index contributed by atoms with van der Waals surface area (Å²) in [4.78, 5) is 35.9. The van der Waals surface area contributed by atoms with Gasteiger partial charge in [-0.05, 0) is 43.1 Å². The Balaban J connectivity index is 2.41. The molecular weight excluding hydrogens is 392 g/mol. The van der Waals surface area contributed by atoms with Crippen molar-refractivity contribution in [2.24, 2.45) is 5.92 Å². The fraction of sp³-hybridized carbons (Fsp3) is 0.500. The smallest absolute Gasteiger partial charge is 0.334 e. The molecule has 2 rings (SSSR count). The third-order valence-corrected chi connectivity index (χ3v) is 5.07. The summed E-state index contributed by atoms with van der Waals surface area (Å²) in [7, 11) is 0. The number of fused-ring (bicyclic) bond motifs is 1. The molecule has 0 unspecified atom stereocenters. The van der Waals surface area contributed by atoms with Crippen molar-refractivity contribution in [1.29, 1.82) is 0 Å². The molecule has 1 aliphatic carbocycles. The second-order valence-electron chi connectivity index (χ2n) is 7.30. The van der Waals surface area contributed by atoms with Crippen LogP contribution in [0.1, 0.15) is 33.1 Å². The van der Waals surface area contributed by atoms with Gasteiger partial charge in [0.2, 0.25) is 0 Å². The molecule has 2 N–H and O–H groups in total. The minimum atomic E-state index is -0.814. The average Bonchev–Trinajstić information content (AvgIpc) is 2.97. The van der Waals surface area contributed by atoms with E-state index in [1.54, 1.807) is 6.08 Å². The summed E-state index contributed by atoms with van der Waals surface area (Å²) in [5.74, 6) is -2.32. The number of hydrogen-bond donors (Lipinski definition) is 2. The Labute approximate surface area is 175 Å². The molecular formula is C22H28O8. The van der Waals surface area contributed by atoms with Crippen molar-refractivity contribution >= 4 is 17.9 Å². The number of allylic oxidation sites excluding steroid dienone is 1. The lowest BCUT2D eigenvalue weighted by molar-refractivity contribution is -0.147. The highest BCUT2D eigenvalue weighted by molar-refractivity contribution is 5.92. The predicted octanol–water partition coefficient (Wildman–Crippen LogP) is 1.53. The Morgan fingerprint density at radius 1 is 1.30 bits per heavy atom. The summed E-state index contributed by atoms with van der Waals surface area (Å²) < 4.78 is 16.2. The number of ether oxygens (including phenoxy) is 3. The molecule has 8 heteroatoms. The largest absolute Gasteiger partial charge is 0.461 e. The van der Waals surface area contributed by atoms with Gasteiger partial charge in [-0.25, -0.2) is 9.59 Å². The van der Waals surface area contributed by atoms with Gasteiger partial charge in [0.05, 0.1) is 19.1 Å². The fourth-order valence-electron chi connectivity index (χ4n) is 3.44. The molecule has 0 spiro atoms. The summed E-state index contributed by atoms with van der Waals surface area (Å²) in [6, 6.07) is 0. The third-order valence-electron chi connectivity index (χ3n) is 5.07. The highest BCUT2D eigenvalue weighted by Crippen LogP contribution is 2.36. The molecule has 8 nitrogen and oxygen atoms in total. The lowest BCUT2D eigenvalue weighted by Gasteiger charge is -2.28. The van der Waals surface area contributed by atoms with Crippen LogP contribution in [0.2, 0.25) is 0 Å². The van der Waals surface area contributed by atoms with Crippen LogP contribution in [0.4, 0.5) is 0 Å². The standard InChI is InChI=1S/C22H28O8/c1-13(7-8-23)21(26)29-18-9-16(11-24)5-4-6-17(12-28-15(3)25)10-19-20(18)14(2)22(27)30-19/h5,7,10,18-20,23-24H,2,4,6,8-9,11-12H2,1,3H3/b13-7+,16-5-,17-10?/t18-,19-,20-/m1/s1. The monoisotopic (exact) mass is 420 g/mol. The number of carbonyl (C=O) groups excluding carboxylic acids is 3. The van der Waals surface area contributed by atoms with Crippen LogP contribution in [0.5, 0.6) is 0 Å². The van der Waals surface area contributed by atoms with Gasteiger partial charge in [0.25, 0.3) is 0 Å². The van der Waals surface area contributed by atoms with Crippen molar-refractivity contribution in [2.75, 3.05) is 19.8 Å². The topological polar surface area (TPSA) is 119 Å². The zero-order valence-electron chi connectivity index (χ0n) is 17.3. The first kappa shape index (κ1) is 23.6. The number of hydrogen-bond acceptors (Lipinski definition) is 8. The number of esters is 3. The number of aliphatic hydroxyl groups is 2. The van der Waals surface area contributed by atoms with Crippen LogP contribution in [-0.4, -0.2) is 60.1 Å². The van der Waals surface area contributed by atoms with Gasteiger partial charge in [-0.2, -0.15) is 0 Å². The molecule has 1 fully saturated rings. The van der Waals surface area contributed by atoms with E-state index in [1.807, 2.05) is 6.08 Å². The van der Waals surface area contributed by atoms with E-state index in [-0.39, 0.29) is 37.4 Å². The molecule has 0 amide bonds. The molecule has 164 valence electrons. The Morgan fingerprint density at radius 3 is 2.67 bits per heavy atom. The maximum Gasteiger partial charge on any atom is 0.334 e. The Bertz CT molecular complexity index is 789. The number of rotatable bonds is 6. The molecule has 30 heavy (non-hydrogen) atoms. The molecule has 2 aliphatic rings. The second-order valence-corrected chi connectivity index (χ2v) is 7.30. The normalized spacial score (nSPS) is 26.7. The molecule has 0 aromatic rings. The van der Waals surface area contributed by atoms with Crippen LogP contribution in [0.25, 0.3) is 0 Å². The molecule has 3 atom stereocenters. The van der Waals surface area contributed by atoms with Gasteiger partial charge in [0.1, 0.15) is 18.8 Å². The van der Waals surface area contributed by atoms with Gasteiger partial charge in [-0.3, -0.25) is 4.79 Å². The Morgan fingerprint density at radius 2 is 2.03 bits per heavy atom. The van der Waals surface area contributed by atoms with Crippen LogP contribution in [-0.2, 0) is 28.6 Å². The molecule has 0 aromatic carbocycles. The van der Waals surface area contributed by atoms with Crippen molar-refractivity contribution < 1.29 is 38.8 Å². The van der Waals surface area contributed by atoms with E-state index in [1.165, 1.54) is 19.9 Å². The van der Waals surface area contributed by atoms with E-state index < -0.39 is 36.0 Å². The quantitative estimate of drug-likeness (QED) is 0.287. The van der Waals surface area contributed by atoms with E-state index in [0.717, 1.165) is 5.57 Å². The minimum Gasteiger partial charge on any atom is -0.461 e. The highest BCUT2D eigenvalue weighted by Gasteiger charge is 2.44. The van der Waals surface area contributed by atoms with E-state index in [0.29, 0.717) is 18.4 Å². The van der Waals surface area contributed by atoms with Crippen LogP contribution in [0.15, 0.2) is 47.1 Å². The zero-order chi connectivity index (χ0) is 22.3. The SMILES string of the molecule is C=C1C(=O)O[C@@H]2C=C(COC(C)=O)CC/C=C(\CO)C[C@@H](OC(=O)/C(C)=C/CO)[C@@H]12. The fourth-order valence-corrected chi connectivity index (χ4v) is 3.44. The first-order chi connectivity index (χ1) is 14.3. The van der Waals surface area contributed by atoms with E-state index in [9.17, 15) is 19.5 Å². The lowest BCUT2D eigenvalue weighted by Crippen LogP contribution is -2.34. The third kappa shape index (κ3) is 6.14. The molecule has 1 heterocycles. The second kappa shape index (κ2) is 10.9. The van der Waals surface area contributed by atoms with Gasteiger partial charge in [-0.1, -0.05) is 12.7 Å². The summed E-state index contributed by atoms with van der Waals surface area (Å²) >= 11 is 0. The van der Waals surface area contributed by atoms with Crippen molar-refractivity contribution in [2.45, 2.75) is 45.3 Å². The van der Waals surface area contributed by atoms with Gasteiger partial charge >= 0.3 is 17.9 Å². The molecule has 1 aliphatic heterocycles. The zero-order valence-corrected chi connectivity index (χ0v) is 17.3. The molecule has 0 saturated carbocycles. The van der Waals surface area contributed by atoms with Crippen molar-refractivity contribution in [3.63, 3.8) is 0 Å². The molecule has 0 bridgehead atoms. The first-order valence-corrected chi connectivity index (χ1v) is 9.76. The van der Waals surface area contributed by atoms with Gasteiger partial charge in [0, 0.05) is 24.5 Å². The first-order valence-electron chi connectivity index (χ1n) is 9.76. The lowest BCUT2D eigenvalue weighted by atomic mass is 9.85.